The maximum atomic E-state index is 13.0. The van der Waals surface area contributed by atoms with Crippen molar-refractivity contribution < 1.29 is 9.59 Å². The molecule has 1 aliphatic heterocycles. The number of carbonyl (C=O) groups excluding carboxylic acids is 2. The summed E-state index contributed by atoms with van der Waals surface area (Å²) in [5, 5.41) is 4.94. The maximum Gasteiger partial charge on any atom is 0.228 e. The smallest absolute Gasteiger partial charge is 0.228 e. The Morgan fingerprint density at radius 1 is 1.25 bits per heavy atom. The van der Waals surface area contributed by atoms with Crippen molar-refractivity contribution in [2.45, 2.75) is 39.5 Å². The summed E-state index contributed by atoms with van der Waals surface area (Å²) in [6, 6.07) is 12.6. The van der Waals surface area contributed by atoms with E-state index in [2.05, 4.69) is 60.9 Å². The summed E-state index contributed by atoms with van der Waals surface area (Å²) >= 11 is 1.72. The van der Waals surface area contributed by atoms with Gasteiger partial charge >= 0.3 is 0 Å². The zero-order valence-corrected chi connectivity index (χ0v) is 17.8. The van der Waals surface area contributed by atoms with Crippen molar-refractivity contribution >= 4 is 23.2 Å². The number of amides is 2. The van der Waals surface area contributed by atoms with Crippen LogP contribution in [0.1, 0.15) is 38.7 Å². The molecule has 1 saturated heterocycles. The van der Waals surface area contributed by atoms with Gasteiger partial charge in [-0.05, 0) is 47.8 Å². The number of hydrogen-bond acceptors (Lipinski definition) is 3. The van der Waals surface area contributed by atoms with Gasteiger partial charge in [0.25, 0.3) is 0 Å². The van der Waals surface area contributed by atoms with Crippen LogP contribution in [0.3, 0.4) is 0 Å². The third-order valence-corrected chi connectivity index (χ3v) is 6.42. The minimum absolute atomic E-state index is 0.0380. The van der Waals surface area contributed by atoms with E-state index in [0.29, 0.717) is 25.3 Å². The van der Waals surface area contributed by atoms with Crippen molar-refractivity contribution in [1.82, 2.24) is 10.2 Å². The molecule has 28 heavy (non-hydrogen) atoms. The lowest BCUT2D eigenvalue weighted by Gasteiger charge is -2.42. The topological polar surface area (TPSA) is 49.4 Å². The van der Waals surface area contributed by atoms with Gasteiger partial charge in [0.05, 0.1) is 5.41 Å². The van der Waals surface area contributed by atoms with Crippen LogP contribution < -0.4 is 5.32 Å². The van der Waals surface area contributed by atoms with E-state index in [1.165, 1.54) is 10.4 Å². The predicted octanol–water partition coefficient (Wildman–Crippen LogP) is 4.36. The average Bonchev–Trinajstić information content (AvgIpc) is 3.22. The lowest BCUT2D eigenvalue weighted by atomic mass is 9.74. The van der Waals surface area contributed by atoms with Gasteiger partial charge in [-0.3, -0.25) is 9.59 Å². The van der Waals surface area contributed by atoms with Gasteiger partial charge in [0.1, 0.15) is 0 Å². The Kier molecular flexibility index (Phi) is 6.55. The zero-order valence-electron chi connectivity index (χ0n) is 17.0. The van der Waals surface area contributed by atoms with Crippen LogP contribution in [0.5, 0.6) is 0 Å². The van der Waals surface area contributed by atoms with Crippen LogP contribution in [0.25, 0.3) is 10.4 Å². The Bertz CT molecular complexity index is 816. The highest BCUT2D eigenvalue weighted by molar-refractivity contribution is 7.13. The van der Waals surface area contributed by atoms with Crippen LogP contribution >= 0.6 is 11.3 Å². The number of benzene rings is 1. The van der Waals surface area contributed by atoms with Gasteiger partial charge in [-0.25, -0.2) is 0 Å². The quantitative estimate of drug-likeness (QED) is 0.786. The van der Waals surface area contributed by atoms with Crippen molar-refractivity contribution in [2.75, 3.05) is 20.1 Å². The monoisotopic (exact) mass is 398 g/mol. The van der Waals surface area contributed by atoms with Crippen LogP contribution in [0, 0.1) is 11.3 Å². The molecule has 4 nitrogen and oxygen atoms in total. The predicted molar refractivity (Wildman–Crippen MR) is 115 cm³/mol. The summed E-state index contributed by atoms with van der Waals surface area (Å²) in [5.74, 6) is 0.526. The molecule has 2 heterocycles. The van der Waals surface area contributed by atoms with Crippen LogP contribution in [0.2, 0.25) is 0 Å². The Balaban J connectivity index is 1.85. The molecule has 150 valence electrons. The van der Waals surface area contributed by atoms with E-state index in [0.717, 1.165) is 24.9 Å². The number of rotatable bonds is 6. The molecule has 0 saturated carbocycles. The number of nitrogens with zero attached hydrogens (tertiary/aromatic N) is 1. The summed E-state index contributed by atoms with van der Waals surface area (Å²) in [4.78, 5) is 28.7. The Morgan fingerprint density at radius 3 is 2.75 bits per heavy atom. The van der Waals surface area contributed by atoms with Gasteiger partial charge in [0.2, 0.25) is 11.8 Å². The fraction of sp³-hybridized carbons (Fsp3) is 0.478. The van der Waals surface area contributed by atoms with Crippen molar-refractivity contribution in [1.29, 1.82) is 0 Å². The van der Waals surface area contributed by atoms with Crippen molar-refractivity contribution in [3.8, 4) is 10.4 Å². The lowest BCUT2D eigenvalue weighted by Crippen LogP contribution is -2.54. The van der Waals surface area contributed by atoms with Gasteiger partial charge < -0.3 is 10.2 Å². The molecular formula is C23H30N2O2S. The average molecular weight is 399 g/mol. The number of likely N-dealkylation sites (tertiary alicyclic amines) is 1. The standard InChI is InChI=1S/C23H30N2O2S/c1-17(2)13-21(26)25-11-6-10-23(16-25,22(27)24-3)15-18-7-4-8-19(14-18)20-9-5-12-28-20/h4-5,7-9,12,14,17H,6,10-11,13,15-16H2,1-3H3,(H,24,27)/t23-/m0/s1. The summed E-state index contributed by atoms with van der Waals surface area (Å²) < 4.78 is 0. The second kappa shape index (κ2) is 8.91. The number of thiophene rings is 1. The van der Waals surface area contributed by atoms with Gasteiger partial charge in [0.15, 0.2) is 0 Å². The van der Waals surface area contributed by atoms with E-state index in [4.69, 9.17) is 0 Å². The highest BCUT2D eigenvalue weighted by Crippen LogP contribution is 2.36. The molecule has 1 aliphatic rings. The highest BCUT2D eigenvalue weighted by Gasteiger charge is 2.43. The van der Waals surface area contributed by atoms with Crippen molar-refractivity contribution in [2.24, 2.45) is 11.3 Å². The largest absolute Gasteiger partial charge is 0.359 e. The third-order valence-electron chi connectivity index (χ3n) is 5.50. The molecule has 0 spiro atoms. The van der Waals surface area contributed by atoms with Crippen molar-refractivity contribution in [3.05, 3.63) is 47.3 Å². The third kappa shape index (κ3) is 4.64. The molecule has 0 radical (unpaired) electrons. The van der Waals surface area contributed by atoms with Crippen LogP contribution in [-0.2, 0) is 16.0 Å². The Morgan fingerprint density at radius 2 is 2.07 bits per heavy atom. The summed E-state index contributed by atoms with van der Waals surface area (Å²) in [7, 11) is 1.70. The molecule has 1 aromatic heterocycles. The van der Waals surface area contributed by atoms with Gasteiger partial charge in [0, 0.05) is 31.4 Å². The maximum absolute atomic E-state index is 13.0. The van der Waals surface area contributed by atoms with E-state index in [1.807, 2.05) is 4.90 Å². The molecule has 1 aromatic carbocycles. The summed E-state index contributed by atoms with van der Waals surface area (Å²) in [5.41, 5.74) is 1.77. The molecule has 1 N–H and O–H groups in total. The first-order chi connectivity index (χ1) is 13.4. The first-order valence-corrected chi connectivity index (χ1v) is 10.9. The number of nitrogens with one attached hydrogen (secondary N) is 1. The Hall–Kier alpha value is -2.14. The summed E-state index contributed by atoms with van der Waals surface area (Å²) in [6.45, 7) is 5.37. The fourth-order valence-corrected chi connectivity index (χ4v) is 4.89. The van der Waals surface area contributed by atoms with Crippen molar-refractivity contribution in [3.63, 3.8) is 0 Å². The molecule has 2 amide bonds. The number of carbonyl (C=O) groups is 2. The molecule has 0 aliphatic carbocycles. The minimum atomic E-state index is -0.562. The number of piperidine rings is 1. The van der Waals surface area contributed by atoms with Crippen LogP contribution in [-0.4, -0.2) is 36.9 Å². The molecule has 1 atom stereocenters. The lowest BCUT2D eigenvalue weighted by molar-refractivity contribution is -0.141. The Labute approximate surface area is 172 Å². The first-order valence-electron chi connectivity index (χ1n) is 10.1. The first kappa shape index (κ1) is 20.6. The van der Waals surface area contributed by atoms with E-state index < -0.39 is 5.41 Å². The molecule has 0 unspecified atom stereocenters. The molecule has 5 heteroatoms. The van der Waals surface area contributed by atoms with Crippen LogP contribution in [0.4, 0.5) is 0 Å². The molecule has 3 rings (SSSR count). The minimum Gasteiger partial charge on any atom is -0.359 e. The van der Waals surface area contributed by atoms with E-state index in [9.17, 15) is 9.59 Å². The molecule has 1 fully saturated rings. The number of hydrogen-bond donors (Lipinski definition) is 1. The van der Waals surface area contributed by atoms with E-state index >= 15 is 0 Å². The zero-order chi connectivity index (χ0) is 20.1. The summed E-state index contributed by atoms with van der Waals surface area (Å²) in [6.07, 6.45) is 2.86. The van der Waals surface area contributed by atoms with Gasteiger partial charge in [-0.1, -0.05) is 44.2 Å². The second-order valence-electron chi connectivity index (χ2n) is 8.23. The van der Waals surface area contributed by atoms with Crippen LogP contribution in [0.15, 0.2) is 41.8 Å². The van der Waals surface area contributed by atoms with E-state index in [1.54, 1.807) is 18.4 Å². The second-order valence-corrected chi connectivity index (χ2v) is 9.18. The molecular weight excluding hydrogens is 368 g/mol. The molecule has 2 aromatic rings. The van der Waals surface area contributed by atoms with Gasteiger partial charge in [-0.15, -0.1) is 11.3 Å². The normalized spacial score (nSPS) is 19.6. The van der Waals surface area contributed by atoms with Gasteiger partial charge in [-0.2, -0.15) is 0 Å². The highest BCUT2D eigenvalue weighted by atomic mass is 32.1. The molecule has 0 bridgehead atoms. The SMILES string of the molecule is CNC(=O)[C@]1(Cc2cccc(-c3cccs3)c2)CCCN(C(=O)CC(C)C)C1. The fourth-order valence-electron chi connectivity index (χ4n) is 4.17. The van der Waals surface area contributed by atoms with E-state index in [-0.39, 0.29) is 11.8 Å².